The fourth-order valence-corrected chi connectivity index (χ4v) is 8.74. The average molecular weight is 462 g/mol. The molecule has 0 saturated heterocycles. The molecule has 0 amide bonds. The second-order valence-corrected chi connectivity index (χ2v) is 12.6. The maximum absolute atomic E-state index is 2.44. The van der Waals surface area contributed by atoms with Crippen molar-refractivity contribution in [2.75, 3.05) is 6.16 Å². The lowest BCUT2D eigenvalue weighted by atomic mass is 9.97. The first-order chi connectivity index (χ1) is 16.5. The number of allylic oxidation sites excluding steroid dienone is 3. The molecule has 0 unspecified atom stereocenters. The third-order valence-electron chi connectivity index (χ3n) is 6.79. The van der Waals surface area contributed by atoms with Gasteiger partial charge in [0.15, 0.2) is 0 Å². The van der Waals surface area contributed by atoms with E-state index in [4.69, 9.17) is 0 Å². The monoisotopic (exact) mass is 461 g/mol. The zero-order valence-corrected chi connectivity index (χ0v) is 21.6. The van der Waals surface area contributed by atoms with Crippen molar-refractivity contribution < 1.29 is 0 Å². The molecular formula is C33H34P+. The van der Waals surface area contributed by atoms with Gasteiger partial charge in [-0.15, -0.1) is 0 Å². The van der Waals surface area contributed by atoms with E-state index in [1.54, 1.807) is 0 Å². The molecule has 0 bridgehead atoms. The van der Waals surface area contributed by atoms with Crippen LogP contribution in [-0.4, -0.2) is 6.16 Å². The molecule has 4 aromatic carbocycles. The third-order valence-corrected chi connectivity index (χ3v) is 11.1. The van der Waals surface area contributed by atoms with Gasteiger partial charge in [0.05, 0.1) is 6.16 Å². The smallest absolute Gasteiger partial charge is 0.0620 e. The molecule has 4 aromatic rings. The molecule has 0 aliphatic heterocycles. The van der Waals surface area contributed by atoms with Crippen LogP contribution < -0.4 is 15.9 Å². The van der Waals surface area contributed by atoms with E-state index in [1.165, 1.54) is 43.7 Å². The summed E-state index contributed by atoms with van der Waals surface area (Å²) >= 11 is 0. The zero-order chi connectivity index (χ0) is 24.0. The summed E-state index contributed by atoms with van der Waals surface area (Å²) in [6.07, 6.45) is 8.01. The van der Waals surface area contributed by atoms with Gasteiger partial charge in [-0.2, -0.15) is 0 Å². The van der Waals surface area contributed by atoms with Crippen LogP contribution in [0, 0.1) is 20.8 Å². The minimum atomic E-state index is -1.84. The Morgan fingerprint density at radius 1 is 0.618 bits per heavy atom. The van der Waals surface area contributed by atoms with Crippen LogP contribution in [0.25, 0.3) is 6.08 Å². The lowest BCUT2D eigenvalue weighted by molar-refractivity contribution is 1.28. The van der Waals surface area contributed by atoms with Crippen LogP contribution in [0.4, 0.5) is 0 Å². The largest absolute Gasteiger partial charge is 0.115 e. The van der Waals surface area contributed by atoms with Gasteiger partial charge in [0.25, 0.3) is 0 Å². The molecule has 0 nitrogen and oxygen atoms in total. The molecule has 0 heterocycles. The Morgan fingerprint density at radius 3 is 1.53 bits per heavy atom. The third kappa shape index (κ3) is 4.98. The lowest BCUT2D eigenvalue weighted by Gasteiger charge is -2.26. The van der Waals surface area contributed by atoms with Gasteiger partial charge in [0, 0.05) is 0 Å². The molecule has 0 fully saturated rings. The molecule has 1 heteroatoms. The Labute approximate surface area is 206 Å². The summed E-state index contributed by atoms with van der Waals surface area (Å²) in [6, 6.07) is 37.7. The summed E-state index contributed by atoms with van der Waals surface area (Å²) in [5, 5.41) is 4.27. The Balaban J connectivity index is 1.79. The number of benzene rings is 4. The fourth-order valence-electron chi connectivity index (χ4n) is 4.60. The molecular weight excluding hydrogens is 427 g/mol. The Hall–Kier alpha value is -3.21. The first-order valence-corrected chi connectivity index (χ1v) is 14.0. The quantitative estimate of drug-likeness (QED) is 0.197. The first-order valence-electron chi connectivity index (χ1n) is 12.0. The number of rotatable bonds is 7. The van der Waals surface area contributed by atoms with Gasteiger partial charge in [0.1, 0.15) is 23.2 Å². The van der Waals surface area contributed by atoms with Crippen molar-refractivity contribution in [3.05, 3.63) is 143 Å². The molecule has 0 aliphatic rings. The minimum absolute atomic E-state index is 0.993. The first kappa shape index (κ1) is 23.9. The van der Waals surface area contributed by atoms with Crippen molar-refractivity contribution in [1.82, 2.24) is 0 Å². The summed E-state index contributed by atoms with van der Waals surface area (Å²) in [5.41, 5.74) is 6.67. The normalized spacial score (nSPS) is 12.3. The molecule has 0 radical (unpaired) electrons. The van der Waals surface area contributed by atoms with Crippen molar-refractivity contribution in [3.8, 4) is 0 Å². The van der Waals surface area contributed by atoms with Crippen LogP contribution in [0.2, 0.25) is 0 Å². The van der Waals surface area contributed by atoms with Crippen LogP contribution in [0.15, 0.2) is 121 Å². The molecule has 4 rings (SSSR count). The highest BCUT2D eigenvalue weighted by Crippen LogP contribution is 2.55. The van der Waals surface area contributed by atoms with Crippen molar-refractivity contribution in [3.63, 3.8) is 0 Å². The predicted molar refractivity (Wildman–Crippen MR) is 153 cm³/mol. The van der Waals surface area contributed by atoms with Gasteiger partial charge in [-0.3, -0.25) is 0 Å². The second kappa shape index (κ2) is 10.8. The number of hydrogen-bond acceptors (Lipinski definition) is 0. The van der Waals surface area contributed by atoms with Crippen molar-refractivity contribution in [1.29, 1.82) is 0 Å². The SMILES string of the molecule is CC(C=Cc1c(C)ccc(C)c1C)=CC[P+](c1ccccc1)(c1ccccc1)c1ccccc1. The Kier molecular flexibility index (Phi) is 7.61. The molecule has 0 spiro atoms. The molecule has 0 N–H and O–H groups in total. The van der Waals surface area contributed by atoms with E-state index in [-0.39, 0.29) is 0 Å². The Morgan fingerprint density at radius 2 is 1.06 bits per heavy atom. The summed E-state index contributed by atoms with van der Waals surface area (Å²) in [5.74, 6) is 0. The van der Waals surface area contributed by atoms with Gasteiger partial charge in [-0.25, -0.2) is 0 Å². The van der Waals surface area contributed by atoms with E-state index in [2.05, 4.69) is 149 Å². The molecule has 0 aromatic heterocycles. The van der Waals surface area contributed by atoms with E-state index in [0.29, 0.717) is 0 Å². The minimum Gasteiger partial charge on any atom is -0.0620 e. The van der Waals surface area contributed by atoms with Crippen molar-refractivity contribution in [2.45, 2.75) is 27.7 Å². The van der Waals surface area contributed by atoms with Gasteiger partial charge in [-0.05, 0) is 92.4 Å². The standard InChI is InChI=1S/C33H34P/c1-26(20-23-33-28(3)22-21-27(2)29(33)4)24-25-34(30-14-8-5-9-15-30,31-16-10-6-11-17-31)32-18-12-7-13-19-32/h5-24H,25H2,1-4H3/q+1. The number of aryl methyl sites for hydroxylation is 2. The molecule has 34 heavy (non-hydrogen) atoms. The molecule has 0 aliphatic carbocycles. The summed E-state index contributed by atoms with van der Waals surface area (Å²) in [6.45, 7) is 8.83. The highest BCUT2D eigenvalue weighted by Gasteiger charge is 2.44. The van der Waals surface area contributed by atoms with Crippen molar-refractivity contribution >= 4 is 29.3 Å². The van der Waals surface area contributed by atoms with E-state index < -0.39 is 7.26 Å². The van der Waals surface area contributed by atoms with Crippen LogP contribution in [0.3, 0.4) is 0 Å². The highest BCUT2D eigenvalue weighted by atomic mass is 31.2. The van der Waals surface area contributed by atoms with Crippen LogP contribution >= 0.6 is 7.26 Å². The summed E-state index contributed by atoms with van der Waals surface area (Å²) in [4.78, 5) is 0. The van der Waals surface area contributed by atoms with Gasteiger partial charge >= 0.3 is 0 Å². The zero-order valence-electron chi connectivity index (χ0n) is 20.7. The van der Waals surface area contributed by atoms with Crippen LogP contribution in [-0.2, 0) is 0 Å². The van der Waals surface area contributed by atoms with E-state index >= 15 is 0 Å². The summed E-state index contributed by atoms with van der Waals surface area (Å²) in [7, 11) is -1.84. The van der Waals surface area contributed by atoms with Gasteiger partial charge in [-0.1, -0.05) is 84.5 Å². The summed E-state index contributed by atoms with van der Waals surface area (Å²) < 4.78 is 0. The maximum atomic E-state index is 2.44. The highest BCUT2D eigenvalue weighted by molar-refractivity contribution is 7.95. The predicted octanol–water partition coefficient (Wildman–Crippen LogP) is 7.57. The topological polar surface area (TPSA) is 0 Å². The van der Waals surface area contributed by atoms with E-state index in [9.17, 15) is 0 Å². The van der Waals surface area contributed by atoms with Gasteiger partial charge in [0.2, 0.25) is 0 Å². The molecule has 170 valence electrons. The molecule has 0 saturated carbocycles. The van der Waals surface area contributed by atoms with Crippen LogP contribution in [0.5, 0.6) is 0 Å². The fraction of sp³-hybridized carbons (Fsp3) is 0.152. The average Bonchev–Trinajstić information content (AvgIpc) is 2.89. The van der Waals surface area contributed by atoms with E-state index in [1.807, 2.05) is 0 Å². The lowest BCUT2D eigenvalue weighted by Crippen LogP contribution is -2.33. The van der Waals surface area contributed by atoms with Crippen molar-refractivity contribution in [2.24, 2.45) is 0 Å². The van der Waals surface area contributed by atoms with Crippen LogP contribution in [0.1, 0.15) is 29.2 Å². The van der Waals surface area contributed by atoms with Gasteiger partial charge < -0.3 is 0 Å². The second-order valence-electron chi connectivity index (χ2n) is 9.02. The number of hydrogen-bond donors (Lipinski definition) is 0. The molecule has 0 atom stereocenters. The Bertz CT molecular complexity index is 1190. The van der Waals surface area contributed by atoms with E-state index in [0.717, 1.165) is 6.16 Å². The maximum Gasteiger partial charge on any atom is 0.115 e.